The van der Waals surface area contributed by atoms with E-state index in [-0.39, 0.29) is 12.7 Å². The molecule has 92 valence electrons. The average molecular weight is 232 g/mol. The Morgan fingerprint density at radius 1 is 1.41 bits per heavy atom. The lowest BCUT2D eigenvalue weighted by Gasteiger charge is -2.13. The fourth-order valence-corrected chi connectivity index (χ4v) is 1.38. The van der Waals surface area contributed by atoms with Gasteiger partial charge in [0.05, 0.1) is 12.7 Å². The van der Waals surface area contributed by atoms with Crippen molar-refractivity contribution in [2.24, 2.45) is 0 Å². The lowest BCUT2D eigenvalue weighted by atomic mass is 10.1. The largest absolute Gasteiger partial charge is 0.491 e. The van der Waals surface area contributed by atoms with Crippen LogP contribution in [0.1, 0.15) is 37.8 Å². The van der Waals surface area contributed by atoms with Gasteiger partial charge in [-0.3, -0.25) is 0 Å². The van der Waals surface area contributed by atoms with E-state index in [1.807, 2.05) is 25.1 Å². The Hall–Kier alpha value is -1.46. The molecular weight excluding hydrogens is 212 g/mol. The minimum Gasteiger partial charge on any atom is -0.491 e. The first-order valence-electron chi connectivity index (χ1n) is 6.04. The summed E-state index contributed by atoms with van der Waals surface area (Å²) in [6.07, 6.45) is 1.75. The van der Waals surface area contributed by atoms with Gasteiger partial charge in [0.2, 0.25) is 0 Å². The summed E-state index contributed by atoms with van der Waals surface area (Å²) >= 11 is 0. The highest BCUT2D eigenvalue weighted by atomic mass is 16.5. The molecule has 1 rings (SSSR count). The molecule has 2 nitrogen and oxygen atoms in total. The van der Waals surface area contributed by atoms with Crippen LogP contribution in [0.3, 0.4) is 0 Å². The highest BCUT2D eigenvalue weighted by Gasteiger charge is 2.02. The monoisotopic (exact) mass is 232 g/mol. The summed E-state index contributed by atoms with van der Waals surface area (Å²) in [7, 11) is 0. The first-order valence-corrected chi connectivity index (χ1v) is 6.04. The van der Waals surface area contributed by atoms with Crippen molar-refractivity contribution in [1.29, 1.82) is 0 Å². The summed E-state index contributed by atoms with van der Waals surface area (Å²) in [5, 5.41) is 8.66. The van der Waals surface area contributed by atoms with Gasteiger partial charge in [0.1, 0.15) is 5.75 Å². The first kappa shape index (κ1) is 13.6. The fraction of sp³-hybridized carbons (Fsp3) is 0.467. The zero-order valence-corrected chi connectivity index (χ0v) is 10.8. The van der Waals surface area contributed by atoms with Crippen LogP contribution in [0.15, 0.2) is 18.2 Å². The molecule has 0 saturated heterocycles. The van der Waals surface area contributed by atoms with Gasteiger partial charge in [0, 0.05) is 12.0 Å². The zero-order chi connectivity index (χ0) is 12.7. The molecule has 1 aromatic rings. The Bertz CT molecular complexity index is 413. The number of hydrogen-bond donors (Lipinski definition) is 1. The summed E-state index contributed by atoms with van der Waals surface area (Å²) in [6, 6.07) is 5.93. The van der Waals surface area contributed by atoms with Crippen LogP contribution in [0.4, 0.5) is 0 Å². The quantitative estimate of drug-likeness (QED) is 0.809. The Kier molecular flexibility index (Phi) is 5.59. The lowest BCUT2D eigenvalue weighted by Crippen LogP contribution is -2.09. The van der Waals surface area contributed by atoms with Crippen molar-refractivity contribution < 1.29 is 9.84 Å². The second-order valence-electron chi connectivity index (χ2n) is 4.09. The Morgan fingerprint density at radius 2 is 2.18 bits per heavy atom. The van der Waals surface area contributed by atoms with Crippen LogP contribution < -0.4 is 4.74 Å². The van der Waals surface area contributed by atoms with E-state index in [1.54, 1.807) is 0 Å². The molecule has 1 aromatic carbocycles. The molecule has 0 aliphatic carbocycles. The highest BCUT2D eigenvalue weighted by Crippen LogP contribution is 2.18. The molecule has 1 unspecified atom stereocenters. The van der Waals surface area contributed by atoms with Crippen molar-refractivity contribution in [3.05, 3.63) is 29.3 Å². The molecule has 0 heterocycles. The molecule has 0 bridgehead atoms. The molecule has 0 aliphatic rings. The van der Waals surface area contributed by atoms with Crippen LogP contribution in [0.5, 0.6) is 5.75 Å². The van der Waals surface area contributed by atoms with Gasteiger partial charge in [-0.15, -0.1) is 0 Å². The normalized spacial score (nSPS) is 11.5. The molecular formula is C15H20O2. The van der Waals surface area contributed by atoms with Gasteiger partial charge < -0.3 is 9.84 Å². The third kappa shape index (κ3) is 4.50. The Labute approximate surface area is 104 Å². The lowest BCUT2D eigenvalue weighted by molar-refractivity contribution is 0.217. The topological polar surface area (TPSA) is 29.5 Å². The van der Waals surface area contributed by atoms with Crippen LogP contribution in [0.2, 0.25) is 0 Å². The van der Waals surface area contributed by atoms with Gasteiger partial charge in [-0.2, -0.15) is 0 Å². The number of aryl methyl sites for hydroxylation is 1. The molecule has 0 amide bonds. The van der Waals surface area contributed by atoms with Crippen molar-refractivity contribution in [3.63, 3.8) is 0 Å². The number of ether oxygens (including phenoxy) is 1. The molecule has 0 radical (unpaired) electrons. The molecule has 0 spiro atoms. The highest BCUT2D eigenvalue weighted by molar-refractivity contribution is 5.44. The first-order chi connectivity index (χ1) is 8.17. The number of benzene rings is 1. The number of aliphatic hydroxyl groups is 1. The predicted molar refractivity (Wildman–Crippen MR) is 70.1 cm³/mol. The second-order valence-corrected chi connectivity index (χ2v) is 4.09. The van der Waals surface area contributed by atoms with Gasteiger partial charge in [-0.1, -0.05) is 18.8 Å². The van der Waals surface area contributed by atoms with Gasteiger partial charge in [-0.25, -0.2) is 0 Å². The van der Waals surface area contributed by atoms with E-state index in [0.717, 1.165) is 23.3 Å². The van der Waals surface area contributed by atoms with Crippen LogP contribution in [0, 0.1) is 18.8 Å². The molecule has 1 atom stereocenters. The summed E-state index contributed by atoms with van der Waals surface area (Å²) in [5.74, 6) is 6.86. The van der Waals surface area contributed by atoms with Crippen LogP contribution in [-0.4, -0.2) is 17.8 Å². The SMILES string of the molecule is CCC(C)Oc1ccc(C#CCCO)c(C)c1. The minimum absolute atomic E-state index is 0.112. The Balaban J connectivity index is 2.76. The van der Waals surface area contributed by atoms with E-state index in [9.17, 15) is 0 Å². The molecule has 2 heteroatoms. The molecule has 0 fully saturated rings. The molecule has 0 saturated carbocycles. The summed E-state index contributed by atoms with van der Waals surface area (Å²) < 4.78 is 5.74. The average Bonchev–Trinajstić information content (AvgIpc) is 2.32. The van der Waals surface area contributed by atoms with Crippen molar-refractivity contribution in [1.82, 2.24) is 0 Å². The third-order valence-electron chi connectivity index (χ3n) is 2.57. The van der Waals surface area contributed by atoms with E-state index < -0.39 is 0 Å². The van der Waals surface area contributed by atoms with Crippen LogP contribution in [-0.2, 0) is 0 Å². The van der Waals surface area contributed by atoms with E-state index >= 15 is 0 Å². The minimum atomic E-state index is 0.112. The van der Waals surface area contributed by atoms with E-state index in [1.165, 1.54) is 0 Å². The molecule has 17 heavy (non-hydrogen) atoms. The van der Waals surface area contributed by atoms with Crippen molar-refractivity contribution in [2.75, 3.05) is 6.61 Å². The van der Waals surface area contributed by atoms with E-state index in [4.69, 9.17) is 9.84 Å². The molecule has 1 N–H and O–H groups in total. The number of rotatable bonds is 4. The van der Waals surface area contributed by atoms with Gasteiger partial charge in [-0.05, 0) is 44.0 Å². The van der Waals surface area contributed by atoms with E-state index in [2.05, 4.69) is 25.7 Å². The van der Waals surface area contributed by atoms with Gasteiger partial charge in [0.15, 0.2) is 0 Å². The van der Waals surface area contributed by atoms with Crippen molar-refractivity contribution in [2.45, 2.75) is 39.7 Å². The summed E-state index contributed by atoms with van der Waals surface area (Å²) in [5.41, 5.74) is 2.10. The van der Waals surface area contributed by atoms with Crippen LogP contribution >= 0.6 is 0 Å². The third-order valence-corrected chi connectivity index (χ3v) is 2.57. The van der Waals surface area contributed by atoms with Crippen LogP contribution in [0.25, 0.3) is 0 Å². The summed E-state index contributed by atoms with van der Waals surface area (Å²) in [6.45, 7) is 6.30. The smallest absolute Gasteiger partial charge is 0.120 e. The van der Waals surface area contributed by atoms with E-state index in [0.29, 0.717) is 6.42 Å². The fourth-order valence-electron chi connectivity index (χ4n) is 1.38. The number of hydrogen-bond acceptors (Lipinski definition) is 2. The zero-order valence-electron chi connectivity index (χ0n) is 10.8. The maximum absolute atomic E-state index is 8.66. The summed E-state index contributed by atoms with van der Waals surface area (Å²) in [4.78, 5) is 0. The standard InChI is InChI=1S/C15H20O2/c1-4-13(3)17-15-9-8-14(12(2)11-15)7-5-6-10-16/h8-9,11,13,16H,4,6,10H2,1-3H3. The van der Waals surface area contributed by atoms with Gasteiger partial charge >= 0.3 is 0 Å². The predicted octanol–water partition coefficient (Wildman–Crippen LogP) is 2.91. The number of aliphatic hydroxyl groups excluding tert-OH is 1. The second kappa shape index (κ2) is 6.98. The van der Waals surface area contributed by atoms with Crippen molar-refractivity contribution >= 4 is 0 Å². The maximum atomic E-state index is 8.66. The Morgan fingerprint density at radius 3 is 2.76 bits per heavy atom. The van der Waals surface area contributed by atoms with Gasteiger partial charge in [0.25, 0.3) is 0 Å². The van der Waals surface area contributed by atoms with Crippen molar-refractivity contribution in [3.8, 4) is 17.6 Å². The molecule has 0 aromatic heterocycles. The maximum Gasteiger partial charge on any atom is 0.120 e. The molecule has 0 aliphatic heterocycles.